The number of hydrogen-bond acceptors (Lipinski definition) is 6. The highest BCUT2D eigenvalue weighted by atomic mass is 32.1. The molecular formula is C12H12N4O3S. The van der Waals surface area contributed by atoms with Gasteiger partial charge in [0.05, 0.1) is 4.92 Å². The number of hydrogen-bond donors (Lipinski definition) is 2. The average Bonchev–Trinajstić information content (AvgIpc) is 2.91. The van der Waals surface area contributed by atoms with E-state index in [0.29, 0.717) is 17.4 Å². The fourth-order valence-corrected chi connectivity index (χ4v) is 2.16. The smallest absolute Gasteiger partial charge is 0.282 e. The van der Waals surface area contributed by atoms with E-state index in [1.54, 1.807) is 17.6 Å². The fourth-order valence-electron chi connectivity index (χ4n) is 1.64. The normalized spacial score (nSPS) is 10.1. The molecule has 0 aliphatic rings. The van der Waals surface area contributed by atoms with Crippen LogP contribution in [0, 0.1) is 10.1 Å². The van der Waals surface area contributed by atoms with E-state index in [4.69, 9.17) is 0 Å². The van der Waals surface area contributed by atoms with Crippen molar-refractivity contribution in [1.29, 1.82) is 0 Å². The van der Waals surface area contributed by atoms with E-state index in [1.165, 1.54) is 23.5 Å². The zero-order valence-corrected chi connectivity index (χ0v) is 11.4. The minimum atomic E-state index is -0.577. The molecule has 1 aromatic carbocycles. The fraction of sp³-hybridized carbons (Fsp3) is 0.167. The zero-order chi connectivity index (χ0) is 14.5. The van der Waals surface area contributed by atoms with Crippen molar-refractivity contribution in [1.82, 2.24) is 4.98 Å². The maximum absolute atomic E-state index is 12.1. The van der Waals surface area contributed by atoms with Crippen LogP contribution >= 0.6 is 11.3 Å². The van der Waals surface area contributed by atoms with Crippen molar-refractivity contribution in [2.45, 2.75) is 6.92 Å². The summed E-state index contributed by atoms with van der Waals surface area (Å²) in [4.78, 5) is 26.4. The van der Waals surface area contributed by atoms with E-state index in [2.05, 4.69) is 15.6 Å². The molecule has 8 heteroatoms. The van der Waals surface area contributed by atoms with Gasteiger partial charge in [0, 0.05) is 29.9 Å². The quantitative estimate of drug-likeness (QED) is 0.652. The number of carbonyl (C=O) groups is 1. The Balaban J connectivity index is 2.33. The van der Waals surface area contributed by atoms with E-state index in [1.807, 2.05) is 6.92 Å². The van der Waals surface area contributed by atoms with Crippen LogP contribution in [0.15, 0.2) is 29.8 Å². The molecule has 1 aromatic heterocycles. The Hall–Kier alpha value is -2.48. The number of nitro benzene ring substituents is 1. The van der Waals surface area contributed by atoms with Gasteiger partial charge in [-0.3, -0.25) is 20.2 Å². The summed E-state index contributed by atoms with van der Waals surface area (Å²) in [6.07, 6.45) is 1.55. The summed E-state index contributed by atoms with van der Waals surface area (Å²) >= 11 is 1.25. The van der Waals surface area contributed by atoms with Gasteiger partial charge in [-0.05, 0) is 19.1 Å². The van der Waals surface area contributed by atoms with Crippen LogP contribution in [0.2, 0.25) is 0 Å². The van der Waals surface area contributed by atoms with Crippen LogP contribution in [-0.4, -0.2) is 22.4 Å². The highest BCUT2D eigenvalue weighted by Gasteiger charge is 2.21. The van der Waals surface area contributed by atoms with Crippen LogP contribution in [0.25, 0.3) is 0 Å². The minimum Gasteiger partial charge on any atom is -0.385 e. The molecule has 2 rings (SSSR count). The van der Waals surface area contributed by atoms with Crippen LogP contribution in [0.5, 0.6) is 0 Å². The molecule has 0 spiro atoms. The lowest BCUT2D eigenvalue weighted by Crippen LogP contribution is -2.14. The summed E-state index contributed by atoms with van der Waals surface area (Å²) in [6, 6.07) is 4.35. The molecule has 0 radical (unpaired) electrons. The molecule has 1 heterocycles. The molecule has 1 amide bonds. The van der Waals surface area contributed by atoms with Gasteiger partial charge in [-0.25, -0.2) is 4.98 Å². The van der Waals surface area contributed by atoms with Gasteiger partial charge in [-0.15, -0.1) is 11.3 Å². The van der Waals surface area contributed by atoms with Gasteiger partial charge in [0.15, 0.2) is 5.13 Å². The molecule has 20 heavy (non-hydrogen) atoms. The predicted octanol–water partition coefficient (Wildman–Crippen LogP) is 2.74. The molecule has 0 aliphatic carbocycles. The number of nitrogens with zero attached hydrogens (tertiary/aromatic N) is 2. The molecule has 0 saturated carbocycles. The molecule has 0 saturated heterocycles. The first-order valence-corrected chi connectivity index (χ1v) is 6.73. The largest absolute Gasteiger partial charge is 0.385 e. The minimum absolute atomic E-state index is 0.00338. The van der Waals surface area contributed by atoms with Crippen LogP contribution in [0.4, 0.5) is 16.5 Å². The summed E-state index contributed by atoms with van der Waals surface area (Å²) in [5, 5.41) is 18.6. The first-order chi connectivity index (χ1) is 9.61. The topological polar surface area (TPSA) is 97.2 Å². The van der Waals surface area contributed by atoms with Crippen molar-refractivity contribution in [3.05, 3.63) is 45.5 Å². The second-order valence-electron chi connectivity index (χ2n) is 3.81. The first-order valence-electron chi connectivity index (χ1n) is 5.85. The van der Waals surface area contributed by atoms with Crippen molar-refractivity contribution in [2.24, 2.45) is 0 Å². The summed E-state index contributed by atoms with van der Waals surface area (Å²) in [7, 11) is 0. The first kappa shape index (κ1) is 13.9. The lowest BCUT2D eigenvalue weighted by atomic mass is 10.1. The van der Waals surface area contributed by atoms with Gasteiger partial charge >= 0.3 is 0 Å². The van der Waals surface area contributed by atoms with Crippen molar-refractivity contribution in [3.8, 4) is 0 Å². The van der Waals surface area contributed by atoms with E-state index >= 15 is 0 Å². The number of nitrogens with one attached hydrogen (secondary N) is 2. The van der Waals surface area contributed by atoms with Crippen molar-refractivity contribution in [2.75, 3.05) is 17.2 Å². The molecule has 0 atom stereocenters. The number of anilines is 2. The van der Waals surface area contributed by atoms with Gasteiger partial charge in [0.2, 0.25) is 0 Å². The molecule has 104 valence electrons. The molecule has 0 fully saturated rings. The summed E-state index contributed by atoms with van der Waals surface area (Å²) in [6.45, 7) is 2.56. The van der Waals surface area contributed by atoms with Gasteiger partial charge in [0.1, 0.15) is 5.56 Å². The van der Waals surface area contributed by atoms with Gasteiger partial charge in [-0.1, -0.05) is 0 Å². The number of aromatic nitrogens is 1. The Labute approximate surface area is 118 Å². The number of nitro groups is 1. The van der Waals surface area contributed by atoms with E-state index in [-0.39, 0.29) is 11.3 Å². The number of rotatable bonds is 5. The highest BCUT2D eigenvalue weighted by Crippen LogP contribution is 2.24. The highest BCUT2D eigenvalue weighted by molar-refractivity contribution is 7.13. The molecule has 0 aliphatic heterocycles. The molecule has 0 unspecified atom stereocenters. The van der Waals surface area contributed by atoms with E-state index in [9.17, 15) is 14.9 Å². The molecular weight excluding hydrogens is 280 g/mol. The Morgan fingerprint density at radius 2 is 2.30 bits per heavy atom. The predicted molar refractivity (Wildman–Crippen MR) is 77.3 cm³/mol. The number of carbonyl (C=O) groups excluding carboxylic acids is 1. The standard InChI is InChI=1S/C12H12N4O3S/c1-2-13-8-3-4-10(16(18)19)9(7-8)11(17)15-12-14-5-6-20-12/h3-7,13H,2H2,1H3,(H,14,15,17). The van der Waals surface area contributed by atoms with Crippen LogP contribution in [0.1, 0.15) is 17.3 Å². The van der Waals surface area contributed by atoms with Crippen molar-refractivity contribution < 1.29 is 9.72 Å². The number of benzene rings is 1. The molecule has 2 aromatic rings. The number of amides is 1. The van der Waals surface area contributed by atoms with Gasteiger partial charge < -0.3 is 5.32 Å². The van der Waals surface area contributed by atoms with Gasteiger partial charge in [-0.2, -0.15) is 0 Å². The monoisotopic (exact) mass is 292 g/mol. The van der Waals surface area contributed by atoms with Crippen LogP contribution in [-0.2, 0) is 0 Å². The van der Waals surface area contributed by atoms with Crippen molar-refractivity contribution in [3.63, 3.8) is 0 Å². The summed E-state index contributed by atoms with van der Waals surface area (Å²) < 4.78 is 0. The average molecular weight is 292 g/mol. The SMILES string of the molecule is CCNc1ccc([N+](=O)[O-])c(C(=O)Nc2nccs2)c1. The molecule has 0 bridgehead atoms. The Kier molecular flexibility index (Phi) is 4.26. The number of thiazole rings is 1. The van der Waals surface area contributed by atoms with E-state index < -0.39 is 10.8 Å². The molecule has 7 nitrogen and oxygen atoms in total. The second kappa shape index (κ2) is 6.11. The lowest BCUT2D eigenvalue weighted by Gasteiger charge is -2.07. The molecule has 2 N–H and O–H groups in total. The maximum Gasteiger partial charge on any atom is 0.282 e. The third kappa shape index (κ3) is 3.09. The van der Waals surface area contributed by atoms with Crippen LogP contribution in [0.3, 0.4) is 0 Å². The van der Waals surface area contributed by atoms with Gasteiger partial charge in [0.25, 0.3) is 11.6 Å². The Bertz CT molecular complexity index is 628. The van der Waals surface area contributed by atoms with Crippen LogP contribution < -0.4 is 10.6 Å². The van der Waals surface area contributed by atoms with Crippen molar-refractivity contribution >= 4 is 33.8 Å². The third-order valence-corrected chi connectivity index (χ3v) is 3.16. The maximum atomic E-state index is 12.1. The Morgan fingerprint density at radius 3 is 2.90 bits per heavy atom. The summed E-state index contributed by atoms with van der Waals surface area (Å²) in [5.74, 6) is -0.550. The van der Waals surface area contributed by atoms with E-state index in [0.717, 1.165) is 0 Å². The zero-order valence-electron chi connectivity index (χ0n) is 10.6. The Morgan fingerprint density at radius 1 is 1.50 bits per heavy atom. The third-order valence-electron chi connectivity index (χ3n) is 2.47. The lowest BCUT2D eigenvalue weighted by molar-refractivity contribution is -0.385. The second-order valence-corrected chi connectivity index (χ2v) is 4.71. The summed E-state index contributed by atoms with van der Waals surface area (Å²) in [5.41, 5.74) is 0.423.